The third-order valence-electron chi connectivity index (χ3n) is 4.69. The minimum Gasteiger partial charge on any atom is -0.362 e. The zero-order valence-electron chi connectivity index (χ0n) is 14.3. The summed E-state index contributed by atoms with van der Waals surface area (Å²) in [6.45, 7) is 5.30. The molecule has 1 fully saturated rings. The van der Waals surface area contributed by atoms with Gasteiger partial charge in [0.2, 0.25) is 5.82 Å². The van der Waals surface area contributed by atoms with Gasteiger partial charge in [-0.3, -0.25) is 9.36 Å². The van der Waals surface area contributed by atoms with Gasteiger partial charge < -0.3 is 14.8 Å². The summed E-state index contributed by atoms with van der Waals surface area (Å²) in [6, 6.07) is 2.28. The first kappa shape index (κ1) is 16.5. The predicted molar refractivity (Wildman–Crippen MR) is 89.5 cm³/mol. The van der Waals surface area contributed by atoms with Gasteiger partial charge in [0.25, 0.3) is 5.56 Å². The van der Waals surface area contributed by atoms with Gasteiger partial charge in [0.15, 0.2) is 0 Å². The number of rotatable bonds is 2. The van der Waals surface area contributed by atoms with Gasteiger partial charge in [-0.1, -0.05) is 0 Å². The fraction of sp³-hybridized carbons (Fsp3) is 0.562. The van der Waals surface area contributed by atoms with Crippen molar-refractivity contribution in [3.05, 3.63) is 22.0 Å². The molecular formula is C16H21FN6O. The molecule has 3 heterocycles. The minimum atomic E-state index is -0.785. The van der Waals surface area contributed by atoms with Crippen LogP contribution in [-0.4, -0.2) is 39.3 Å². The van der Waals surface area contributed by atoms with Crippen molar-refractivity contribution in [3.63, 3.8) is 0 Å². The van der Waals surface area contributed by atoms with Crippen LogP contribution in [0.1, 0.15) is 19.7 Å². The first-order valence-corrected chi connectivity index (χ1v) is 7.97. The van der Waals surface area contributed by atoms with Crippen LogP contribution in [0, 0.1) is 17.1 Å². The summed E-state index contributed by atoms with van der Waals surface area (Å²) in [7, 11) is 3.27. The zero-order chi connectivity index (χ0) is 17.6. The normalized spacial score (nSPS) is 21.2. The molecule has 0 bridgehead atoms. The molecule has 0 aromatic carbocycles. The lowest BCUT2D eigenvalue weighted by atomic mass is 10.1. The van der Waals surface area contributed by atoms with Crippen LogP contribution >= 0.6 is 0 Å². The molecule has 128 valence electrons. The molecule has 1 saturated heterocycles. The Labute approximate surface area is 139 Å². The predicted octanol–water partition coefficient (Wildman–Crippen LogP) is 0.664. The second-order valence-electron chi connectivity index (χ2n) is 6.43. The third-order valence-corrected chi connectivity index (χ3v) is 4.69. The molecule has 2 aromatic rings. The Hall–Kier alpha value is -2.40. The Kier molecular flexibility index (Phi) is 4.05. The summed E-state index contributed by atoms with van der Waals surface area (Å²) in [6.07, 6.45) is 0.105. The van der Waals surface area contributed by atoms with Crippen molar-refractivity contribution in [1.82, 2.24) is 19.4 Å². The number of nitriles is 1. The molecule has 0 radical (unpaired) electrons. The van der Waals surface area contributed by atoms with E-state index in [-0.39, 0.29) is 24.2 Å². The average Bonchev–Trinajstić information content (AvgIpc) is 2.86. The van der Waals surface area contributed by atoms with E-state index in [1.165, 1.54) is 11.6 Å². The maximum absolute atomic E-state index is 14.9. The molecule has 8 heteroatoms. The van der Waals surface area contributed by atoms with Crippen molar-refractivity contribution < 1.29 is 4.39 Å². The summed E-state index contributed by atoms with van der Waals surface area (Å²) in [5.74, 6) is -0.266. The van der Waals surface area contributed by atoms with Crippen molar-refractivity contribution in [2.75, 3.05) is 18.0 Å². The lowest BCUT2D eigenvalue weighted by molar-refractivity contribution is 0.420. The first-order chi connectivity index (χ1) is 11.4. The summed E-state index contributed by atoms with van der Waals surface area (Å²) in [5, 5.41) is 12.3. The van der Waals surface area contributed by atoms with Crippen LogP contribution in [0.3, 0.4) is 0 Å². The fourth-order valence-electron chi connectivity index (χ4n) is 3.35. The molecule has 0 spiro atoms. The number of anilines is 1. The first-order valence-electron chi connectivity index (χ1n) is 7.97. The lowest BCUT2D eigenvalue weighted by Gasteiger charge is -2.39. The second kappa shape index (κ2) is 5.91. The monoisotopic (exact) mass is 332 g/mol. The Balaban J connectivity index is 2.33. The highest BCUT2D eigenvalue weighted by atomic mass is 19.1. The number of piperazine rings is 1. The largest absolute Gasteiger partial charge is 0.362 e. The van der Waals surface area contributed by atoms with Gasteiger partial charge in [-0.15, -0.1) is 0 Å². The lowest BCUT2D eigenvalue weighted by Crippen LogP contribution is -2.55. The quantitative estimate of drug-likeness (QED) is 0.874. The second-order valence-corrected chi connectivity index (χ2v) is 6.43. The smallest absolute Gasteiger partial charge is 0.290 e. The number of aryl methyl sites for hydroxylation is 2. The minimum absolute atomic E-state index is 0.0347. The Morgan fingerprint density at radius 2 is 2.08 bits per heavy atom. The Bertz CT molecular complexity index is 893. The molecule has 0 saturated carbocycles. The number of imidazole rings is 1. The van der Waals surface area contributed by atoms with E-state index in [1.54, 1.807) is 11.6 Å². The van der Waals surface area contributed by atoms with Crippen LogP contribution in [0.4, 0.5) is 10.1 Å². The van der Waals surface area contributed by atoms with Crippen molar-refractivity contribution in [1.29, 1.82) is 5.26 Å². The van der Waals surface area contributed by atoms with Gasteiger partial charge in [0.1, 0.15) is 22.7 Å². The molecule has 1 N–H and O–H groups in total. The van der Waals surface area contributed by atoms with E-state index in [9.17, 15) is 9.18 Å². The van der Waals surface area contributed by atoms with Gasteiger partial charge >= 0.3 is 0 Å². The van der Waals surface area contributed by atoms with Crippen LogP contribution in [0.25, 0.3) is 11.2 Å². The summed E-state index contributed by atoms with van der Waals surface area (Å²) in [4.78, 5) is 18.8. The van der Waals surface area contributed by atoms with Crippen molar-refractivity contribution in [2.45, 2.75) is 32.4 Å². The SMILES string of the molecule is C[C@@H]1CN(c2c(F)c(=O)n(C)c3c2nc(CC#N)n3C)[C@@H](C)CN1. The van der Waals surface area contributed by atoms with Crippen LogP contribution in [0.2, 0.25) is 0 Å². The van der Waals surface area contributed by atoms with Gasteiger partial charge in [-0.05, 0) is 13.8 Å². The highest BCUT2D eigenvalue weighted by Gasteiger charge is 2.30. The molecule has 2 atom stereocenters. The van der Waals surface area contributed by atoms with Crippen LogP contribution in [0.5, 0.6) is 0 Å². The number of hydrogen-bond acceptors (Lipinski definition) is 5. The molecule has 0 amide bonds. The van der Waals surface area contributed by atoms with Gasteiger partial charge in [-0.2, -0.15) is 9.65 Å². The highest BCUT2D eigenvalue weighted by molar-refractivity contribution is 5.87. The number of hydrogen-bond donors (Lipinski definition) is 1. The molecule has 0 aliphatic carbocycles. The van der Waals surface area contributed by atoms with Crippen molar-refractivity contribution >= 4 is 16.9 Å². The molecule has 1 aliphatic heterocycles. The number of pyridine rings is 1. The Morgan fingerprint density at radius 1 is 1.38 bits per heavy atom. The number of aromatic nitrogens is 3. The van der Waals surface area contributed by atoms with E-state index in [2.05, 4.69) is 16.4 Å². The molecule has 3 rings (SSSR count). The summed E-state index contributed by atoms with van der Waals surface area (Å²) < 4.78 is 17.9. The van der Waals surface area contributed by atoms with Crippen molar-refractivity contribution in [3.8, 4) is 6.07 Å². The molecule has 7 nitrogen and oxygen atoms in total. The van der Waals surface area contributed by atoms with Gasteiger partial charge in [0.05, 0.1) is 12.5 Å². The third kappa shape index (κ3) is 2.36. The average molecular weight is 332 g/mol. The van der Waals surface area contributed by atoms with E-state index < -0.39 is 11.4 Å². The number of nitrogens with one attached hydrogen (secondary N) is 1. The maximum atomic E-state index is 14.9. The van der Waals surface area contributed by atoms with Crippen LogP contribution < -0.4 is 15.8 Å². The van der Waals surface area contributed by atoms with E-state index >= 15 is 0 Å². The number of halogens is 1. The van der Waals surface area contributed by atoms with E-state index in [0.29, 0.717) is 30.1 Å². The van der Waals surface area contributed by atoms with E-state index in [1.807, 2.05) is 18.7 Å². The molecular weight excluding hydrogens is 311 g/mol. The standard InChI is InChI=1S/C16H21FN6O/c1-9-8-23(10(2)7-19-9)14-12(17)16(24)22(4)15-13(14)20-11(5-6-18)21(15)3/h9-10,19H,5,7-8H2,1-4H3/t9-,10+/m1/s1. The summed E-state index contributed by atoms with van der Waals surface area (Å²) >= 11 is 0. The van der Waals surface area contributed by atoms with Gasteiger partial charge in [-0.25, -0.2) is 4.98 Å². The Morgan fingerprint density at radius 3 is 2.75 bits per heavy atom. The molecule has 24 heavy (non-hydrogen) atoms. The molecule has 1 aliphatic rings. The fourth-order valence-corrected chi connectivity index (χ4v) is 3.35. The topological polar surface area (TPSA) is 78.9 Å². The highest BCUT2D eigenvalue weighted by Crippen LogP contribution is 2.30. The van der Waals surface area contributed by atoms with E-state index in [4.69, 9.17) is 5.26 Å². The van der Waals surface area contributed by atoms with Crippen LogP contribution in [0.15, 0.2) is 4.79 Å². The number of nitrogens with zero attached hydrogens (tertiary/aromatic N) is 5. The van der Waals surface area contributed by atoms with Crippen molar-refractivity contribution in [2.24, 2.45) is 14.1 Å². The maximum Gasteiger partial charge on any atom is 0.290 e. The summed E-state index contributed by atoms with van der Waals surface area (Å²) in [5.41, 5.74) is 0.527. The molecule has 2 aromatic heterocycles. The molecule has 0 unspecified atom stereocenters. The van der Waals surface area contributed by atoms with E-state index in [0.717, 1.165) is 0 Å². The van der Waals surface area contributed by atoms with Gasteiger partial charge in [0, 0.05) is 39.3 Å². The zero-order valence-corrected chi connectivity index (χ0v) is 14.3. The number of fused-ring (bicyclic) bond motifs is 1. The van der Waals surface area contributed by atoms with Crippen LogP contribution in [-0.2, 0) is 20.5 Å².